The van der Waals surface area contributed by atoms with Crippen molar-refractivity contribution in [1.29, 1.82) is 0 Å². The second-order valence-corrected chi connectivity index (χ2v) is 4.25. The highest BCUT2D eigenvalue weighted by Gasteiger charge is 2.10. The lowest BCUT2D eigenvalue weighted by Crippen LogP contribution is -2.26. The first-order valence-corrected chi connectivity index (χ1v) is 6.30. The van der Waals surface area contributed by atoms with E-state index in [0.717, 1.165) is 12.2 Å². The number of carbonyl (C=O) groups is 1. The molecule has 0 spiro atoms. The van der Waals surface area contributed by atoms with E-state index in [9.17, 15) is 4.79 Å². The average molecular weight is 262 g/mol. The van der Waals surface area contributed by atoms with Crippen molar-refractivity contribution in [2.24, 2.45) is 0 Å². The van der Waals surface area contributed by atoms with Crippen molar-refractivity contribution in [1.82, 2.24) is 19.3 Å². The van der Waals surface area contributed by atoms with E-state index in [-0.39, 0.29) is 5.97 Å². The number of aromatic nitrogens is 3. The predicted molar refractivity (Wildman–Crippen MR) is 70.6 cm³/mol. The van der Waals surface area contributed by atoms with Crippen LogP contribution in [-0.4, -0.2) is 45.4 Å². The maximum atomic E-state index is 11.1. The van der Waals surface area contributed by atoms with Crippen molar-refractivity contribution < 1.29 is 9.53 Å². The highest BCUT2D eigenvalue weighted by molar-refractivity contribution is 5.69. The molecule has 0 radical (unpaired) electrons. The van der Waals surface area contributed by atoms with Crippen LogP contribution < -0.4 is 0 Å². The molecule has 0 bridgehead atoms. The molecule has 2 aromatic heterocycles. The molecule has 0 saturated heterocycles. The number of carbonyl (C=O) groups excluding carboxylic acids is 1. The van der Waals surface area contributed by atoms with Gasteiger partial charge in [0.15, 0.2) is 0 Å². The smallest absolute Gasteiger partial charge is 0.306 e. The third-order valence-electron chi connectivity index (χ3n) is 2.98. The fourth-order valence-electron chi connectivity index (χ4n) is 1.89. The van der Waals surface area contributed by atoms with Crippen molar-refractivity contribution >= 4 is 11.7 Å². The Balaban J connectivity index is 1.99. The van der Waals surface area contributed by atoms with Gasteiger partial charge in [0.1, 0.15) is 0 Å². The molecule has 0 saturated carbocycles. The van der Waals surface area contributed by atoms with Gasteiger partial charge in [-0.3, -0.25) is 14.1 Å². The Kier molecular flexibility index (Phi) is 4.46. The summed E-state index contributed by atoms with van der Waals surface area (Å²) >= 11 is 0. The van der Waals surface area contributed by atoms with Gasteiger partial charge >= 0.3 is 5.97 Å². The number of rotatable bonds is 6. The molecule has 6 heteroatoms. The Morgan fingerprint density at radius 3 is 3.05 bits per heavy atom. The lowest BCUT2D eigenvalue weighted by Gasteiger charge is -2.18. The molecule has 19 heavy (non-hydrogen) atoms. The van der Waals surface area contributed by atoms with Gasteiger partial charge in [0.2, 0.25) is 5.78 Å². The number of methoxy groups -OCH3 is 1. The molecule has 0 N–H and O–H groups in total. The number of hydrogen-bond acceptors (Lipinski definition) is 5. The van der Waals surface area contributed by atoms with Crippen LogP contribution in [0.5, 0.6) is 0 Å². The fourth-order valence-corrected chi connectivity index (χ4v) is 1.89. The number of nitrogens with zero attached hydrogens (tertiary/aromatic N) is 4. The summed E-state index contributed by atoms with van der Waals surface area (Å²) in [6.07, 6.45) is 6.00. The van der Waals surface area contributed by atoms with Crippen molar-refractivity contribution in [3.05, 3.63) is 30.4 Å². The number of esters is 1. The van der Waals surface area contributed by atoms with E-state index in [1.165, 1.54) is 7.11 Å². The Bertz CT molecular complexity index is 519. The van der Waals surface area contributed by atoms with Crippen molar-refractivity contribution in [3.63, 3.8) is 0 Å². The Morgan fingerprint density at radius 2 is 2.37 bits per heavy atom. The zero-order valence-corrected chi connectivity index (χ0v) is 11.2. The third-order valence-corrected chi connectivity index (χ3v) is 2.98. The van der Waals surface area contributed by atoms with Gasteiger partial charge in [0.05, 0.1) is 19.2 Å². The van der Waals surface area contributed by atoms with Crippen molar-refractivity contribution in [2.45, 2.75) is 19.9 Å². The topological polar surface area (TPSA) is 59.7 Å². The number of hydrogen-bond donors (Lipinski definition) is 0. The molecule has 0 aliphatic heterocycles. The number of fused-ring (bicyclic) bond motifs is 1. The van der Waals surface area contributed by atoms with Crippen molar-refractivity contribution in [2.75, 3.05) is 20.2 Å². The SMILES string of the molecule is CCN(CCC(=O)OC)Cc1cn2cccnc2n1. The van der Waals surface area contributed by atoms with Crippen LogP contribution in [0.25, 0.3) is 5.78 Å². The second-order valence-electron chi connectivity index (χ2n) is 4.25. The Morgan fingerprint density at radius 1 is 1.53 bits per heavy atom. The van der Waals surface area contributed by atoms with Gasteiger partial charge in [-0.1, -0.05) is 6.92 Å². The predicted octanol–water partition coefficient (Wildman–Crippen LogP) is 1.11. The summed E-state index contributed by atoms with van der Waals surface area (Å²) in [5.41, 5.74) is 0.949. The number of imidazole rings is 1. The monoisotopic (exact) mass is 262 g/mol. The lowest BCUT2D eigenvalue weighted by molar-refractivity contribution is -0.141. The fraction of sp³-hybridized carbons (Fsp3) is 0.462. The molecule has 0 aromatic carbocycles. The van der Waals surface area contributed by atoms with Crippen molar-refractivity contribution in [3.8, 4) is 0 Å². The van der Waals surface area contributed by atoms with E-state index in [1.54, 1.807) is 6.20 Å². The van der Waals surface area contributed by atoms with Gasteiger partial charge in [-0.05, 0) is 12.6 Å². The van der Waals surface area contributed by atoms with E-state index in [1.807, 2.05) is 22.9 Å². The first-order chi connectivity index (χ1) is 9.22. The van der Waals surface area contributed by atoms with Gasteiger partial charge in [-0.2, -0.15) is 0 Å². The molecule has 0 aliphatic rings. The maximum Gasteiger partial charge on any atom is 0.306 e. The van der Waals surface area contributed by atoms with E-state index in [2.05, 4.69) is 26.5 Å². The summed E-state index contributed by atoms with van der Waals surface area (Å²) in [4.78, 5) is 21.9. The van der Waals surface area contributed by atoms with Gasteiger partial charge < -0.3 is 4.74 Å². The standard InChI is InChI=1S/C13H18N4O2/c1-3-16(8-5-12(18)19-2)9-11-10-17-7-4-6-14-13(17)15-11/h4,6-7,10H,3,5,8-9H2,1-2H3. The minimum Gasteiger partial charge on any atom is -0.469 e. The first-order valence-electron chi connectivity index (χ1n) is 6.30. The molecular formula is C13H18N4O2. The van der Waals surface area contributed by atoms with Gasteiger partial charge in [-0.15, -0.1) is 0 Å². The van der Waals surface area contributed by atoms with Crippen LogP contribution in [0, 0.1) is 0 Å². The summed E-state index contributed by atoms with van der Waals surface area (Å²) in [6, 6.07) is 1.87. The van der Waals surface area contributed by atoms with Crippen LogP contribution >= 0.6 is 0 Å². The second kappa shape index (κ2) is 6.29. The highest BCUT2D eigenvalue weighted by atomic mass is 16.5. The number of ether oxygens (including phenoxy) is 1. The molecule has 102 valence electrons. The molecule has 2 rings (SSSR count). The molecule has 0 unspecified atom stereocenters. The molecule has 2 aromatic rings. The molecular weight excluding hydrogens is 244 g/mol. The van der Waals surface area contributed by atoms with E-state index < -0.39 is 0 Å². The van der Waals surface area contributed by atoms with Gasteiger partial charge in [0.25, 0.3) is 0 Å². The van der Waals surface area contributed by atoms with Crippen LogP contribution in [0.1, 0.15) is 19.0 Å². The first kappa shape index (κ1) is 13.5. The molecule has 2 heterocycles. The van der Waals surface area contributed by atoms with Crippen LogP contribution in [0.2, 0.25) is 0 Å². The Hall–Kier alpha value is -1.95. The minimum absolute atomic E-state index is 0.185. The minimum atomic E-state index is -0.185. The van der Waals surface area contributed by atoms with Crippen LogP contribution in [0.3, 0.4) is 0 Å². The molecule has 6 nitrogen and oxygen atoms in total. The summed E-state index contributed by atoms with van der Waals surface area (Å²) in [5.74, 6) is 0.511. The normalized spacial score (nSPS) is 11.1. The largest absolute Gasteiger partial charge is 0.469 e. The Labute approximate surface area is 112 Å². The molecule has 0 fully saturated rings. The lowest BCUT2D eigenvalue weighted by atomic mass is 10.3. The third kappa shape index (κ3) is 3.51. The molecule has 0 atom stereocenters. The highest BCUT2D eigenvalue weighted by Crippen LogP contribution is 2.06. The van der Waals surface area contributed by atoms with Gasteiger partial charge in [-0.25, -0.2) is 9.97 Å². The van der Waals surface area contributed by atoms with Crippen LogP contribution in [0.15, 0.2) is 24.7 Å². The van der Waals surface area contributed by atoms with E-state index in [4.69, 9.17) is 0 Å². The van der Waals surface area contributed by atoms with E-state index >= 15 is 0 Å². The molecule has 0 aliphatic carbocycles. The molecule has 0 amide bonds. The van der Waals surface area contributed by atoms with Crippen LogP contribution in [-0.2, 0) is 16.1 Å². The zero-order chi connectivity index (χ0) is 13.7. The average Bonchev–Trinajstić information content (AvgIpc) is 2.85. The summed E-state index contributed by atoms with van der Waals surface area (Å²) < 4.78 is 6.54. The van der Waals surface area contributed by atoms with Crippen LogP contribution in [0.4, 0.5) is 0 Å². The van der Waals surface area contributed by atoms with Gasteiger partial charge in [0, 0.05) is 31.7 Å². The summed E-state index contributed by atoms with van der Waals surface area (Å²) in [5, 5.41) is 0. The zero-order valence-electron chi connectivity index (χ0n) is 11.2. The maximum absolute atomic E-state index is 11.1. The summed E-state index contributed by atoms with van der Waals surface area (Å²) in [7, 11) is 1.41. The summed E-state index contributed by atoms with van der Waals surface area (Å²) in [6.45, 7) is 4.30. The van der Waals surface area contributed by atoms with E-state index in [0.29, 0.717) is 25.3 Å². The quantitative estimate of drug-likeness (QED) is 0.730.